The van der Waals surface area contributed by atoms with Crippen LogP contribution in [0.15, 0.2) is 18.2 Å². The van der Waals surface area contributed by atoms with E-state index in [2.05, 4.69) is 10.2 Å². The van der Waals surface area contributed by atoms with Crippen molar-refractivity contribution < 1.29 is 14.6 Å². The maximum atomic E-state index is 9.36. The molecule has 0 aliphatic carbocycles. The Balaban J connectivity index is 2.05. The van der Waals surface area contributed by atoms with E-state index in [1.807, 2.05) is 18.2 Å². The van der Waals surface area contributed by atoms with Gasteiger partial charge in [0.2, 0.25) is 0 Å². The van der Waals surface area contributed by atoms with Crippen molar-refractivity contribution in [1.29, 1.82) is 0 Å². The summed E-state index contributed by atoms with van der Waals surface area (Å²) in [6.07, 6.45) is 2.41. The SMILES string of the molecule is COc1ccc(OC)c(CN(CCO)CC2CCNCC2)c1. The van der Waals surface area contributed by atoms with Crippen LogP contribution in [0.5, 0.6) is 11.5 Å². The number of nitrogens with zero attached hydrogens (tertiary/aromatic N) is 1. The molecule has 0 bridgehead atoms. The molecule has 0 saturated carbocycles. The summed E-state index contributed by atoms with van der Waals surface area (Å²) in [7, 11) is 3.36. The van der Waals surface area contributed by atoms with Crippen molar-refractivity contribution in [2.75, 3.05) is 47.0 Å². The number of ether oxygens (including phenoxy) is 2. The Bertz CT molecular complexity index is 448. The van der Waals surface area contributed by atoms with Gasteiger partial charge in [-0.25, -0.2) is 0 Å². The van der Waals surface area contributed by atoms with Gasteiger partial charge in [0.1, 0.15) is 11.5 Å². The Morgan fingerprint density at radius 3 is 2.64 bits per heavy atom. The van der Waals surface area contributed by atoms with Crippen LogP contribution in [0.25, 0.3) is 0 Å². The average Bonchev–Trinajstić information content (AvgIpc) is 2.56. The molecule has 2 rings (SSSR count). The van der Waals surface area contributed by atoms with Crippen molar-refractivity contribution in [2.45, 2.75) is 19.4 Å². The van der Waals surface area contributed by atoms with Crippen LogP contribution >= 0.6 is 0 Å². The van der Waals surface area contributed by atoms with Crippen molar-refractivity contribution in [2.24, 2.45) is 5.92 Å². The number of benzene rings is 1. The summed E-state index contributed by atoms with van der Waals surface area (Å²) < 4.78 is 10.8. The predicted molar refractivity (Wildman–Crippen MR) is 87.5 cm³/mol. The van der Waals surface area contributed by atoms with Gasteiger partial charge in [0.05, 0.1) is 20.8 Å². The maximum Gasteiger partial charge on any atom is 0.123 e. The van der Waals surface area contributed by atoms with Crippen LogP contribution in [0, 0.1) is 5.92 Å². The molecule has 124 valence electrons. The lowest BCUT2D eigenvalue weighted by Crippen LogP contribution is -2.37. The van der Waals surface area contributed by atoms with Gasteiger partial charge in [0, 0.05) is 25.2 Å². The third-order valence-electron chi connectivity index (χ3n) is 4.27. The smallest absolute Gasteiger partial charge is 0.123 e. The van der Waals surface area contributed by atoms with Gasteiger partial charge in [-0.1, -0.05) is 0 Å². The van der Waals surface area contributed by atoms with E-state index in [1.165, 1.54) is 12.8 Å². The second kappa shape index (κ2) is 8.98. The Hall–Kier alpha value is -1.30. The predicted octanol–water partition coefficient (Wildman–Crippen LogP) is 1.50. The highest BCUT2D eigenvalue weighted by atomic mass is 16.5. The quantitative estimate of drug-likeness (QED) is 0.762. The average molecular weight is 308 g/mol. The van der Waals surface area contributed by atoms with Crippen molar-refractivity contribution in [3.05, 3.63) is 23.8 Å². The van der Waals surface area contributed by atoms with Gasteiger partial charge in [-0.15, -0.1) is 0 Å². The molecule has 1 aromatic rings. The van der Waals surface area contributed by atoms with Crippen LogP contribution in [-0.2, 0) is 6.54 Å². The summed E-state index contributed by atoms with van der Waals surface area (Å²) in [6, 6.07) is 5.87. The number of nitrogens with one attached hydrogen (secondary N) is 1. The molecule has 0 aromatic heterocycles. The molecule has 1 heterocycles. The van der Waals surface area contributed by atoms with Crippen LogP contribution < -0.4 is 14.8 Å². The lowest BCUT2D eigenvalue weighted by atomic mass is 9.97. The maximum absolute atomic E-state index is 9.36. The minimum atomic E-state index is 0.178. The standard InChI is InChI=1S/C17H28N2O3/c1-21-16-3-4-17(22-2)15(11-16)13-19(9-10-20)12-14-5-7-18-8-6-14/h3-4,11,14,18,20H,5-10,12-13H2,1-2H3. The van der Waals surface area contributed by atoms with Gasteiger partial charge in [0.25, 0.3) is 0 Å². The fourth-order valence-corrected chi connectivity index (χ4v) is 3.05. The molecule has 1 aromatic carbocycles. The molecule has 22 heavy (non-hydrogen) atoms. The molecule has 1 aliphatic heterocycles. The molecule has 0 unspecified atom stereocenters. The molecule has 0 radical (unpaired) electrons. The number of hydrogen-bond acceptors (Lipinski definition) is 5. The Kier molecular flexibility index (Phi) is 6.96. The largest absolute Gasteiger partial charge is 0.497 e. The highest BCUT2D eigenvalue weighted by molar-refractivity contribution is 5.40. The lowest BCUT2D eigenvalue weighted by Gasteiger charge is -2.30. The first kappa shape index (κ1) is 17.1. The number of methoxy groups -OCH3 is 2. The molecular formula is C17H28N2O3. The fourth-order valence-electron chi connectivity index (χ4n) is 3.05. The molecule has 1 aliphatic rings. The molecule has 5 heteroatoms. The fraction of sp³-hybridized carbons (Fsp3) is 0.647. The van der Waals surface area contributed by atoms with Crippen molar-refractivity contribution in [1.82, 2.24) is 10.2 Å². The van der Waals surface area contributed by atoms with Crippen molar-refractivity contribution in [3.8, 4) is 11.5 Å². The van der Waals surface area contributed by atoms with E-state index < -0.39 is 0 Å². The minimum Gasteiger partial charge on any atom is -0.497 e. The van der Waals surface area contributed by atoms with E-state index in [4.69, 9.17) is 9.47 Å². The van der Waals surface area contributed by atoms with Crippen LogP contribution in [0.3, 0.4) is 0 Å². The molecule has 1 saturated heterocycles. The van der Waals surface area contributed by atoms with Crippen LogP contribution in [0.4, 0.5) is 0 Å². The second-order valence-electron chi connectivity index (χ2n) is 5.83. The first-order chi connectivity index (χ1) is 10.8. The van der Waals surface area contributed by atoms with E-state index >= 15 is 0 Å². The highest BCUT2D eigenvalue weighted by Crippen LogP contribution is 2.26. The van der Waals surface area contributed by atoms with Crippen LogP contribution in [0.1, 0.15) is 18.4 Å². The number of rotatable bonds is 8. The van der Waals surface area contributed by atoms with Gasteiger partial charge in [0.15, 0.2) is 0 Å². The number of piperidine rings is 1. The van der Waals surface area contributed by atoms with Gasteiger partial charge in [-0.3, -0.25) is 4.90 Å². The first-order valence-electron chi connectivity index (χ1n) is 8.01. The monoisotopic (exact) mass is 308 g/mol. The van der Waals surface area contributed by atoms with Crippen LogP contribution in [0.2, 0.25) is 0 Å². The third kappa shape index (κ3) is 4.87. The number of hydrogen-bond donors (Lipinski definition) is 2. The Labute approximate surface area is 133 Å². The van der Waals surface area contributed by atoms with Gasteiger partial charge >= 0.3 is 0 Å². The summed E-state index contributed by atoms with van der Waals surface area (Å²) in [5, 5.41) is 12.8. The highest BCUT2D eigenvalue weighted by Gasteiger charge is 2.18. The van der Waals surface area contributed by atoms with Crippen molar-refractivity contribution in [3.63, 3.8) is 0 Å². The number of aliphatic hydroxyl groups is 1. The molecular weight excluding hydrogens is 280 g/mol. The molecule has 0 amide bonds. The second-order valence-corrected chi connectivity index (χ2v) is 5.83. The van der Waals surface area contributed by atoms with Gasteiger partial charge in [-0.2, -0.15) is 0 Å². The number of aliphatic hydroxyl groups excluding tert-OH is 1. The molecule has 1 fully saturated rings. The van der Waals surface area contributed by atoms with E-state index in [0.29, 0.717) is 12.5 Å². The minimum absolute atomic E-state index is 0.178. The summed E-state index contributed by atoms with van der Waals surface area (Å²) in [4.78, 5) is 2.31. The molecule has 2 N–H and O–H groups in total. The van der Waals surface area contributed by atoms with E-state index in [1.54, 1.807) is 14.2 Å². The van der Waals surface area contributed by atoms with E-state index in [-0.39, 0.29) is 6.61 Å². The van der Waals surface area contributed by atoms with E-state index in [9.17, 15) is 5.11 Å². The zero-order valence-corrected chi connectivity index (χ0v) is 13.7. The third-order valence-corrected chi connectivity index (χ3v) is 4.27. The van der Waals surface area contributed by atoms with E-state index in [0.717, 1.165) is 43.2 Å². The molecule has 5 nitrogen and oxygen atoms in total. The molecule has 0 atom stereocenters. The topological polar surface area (TPSA) is 54.0 Å². The normalized spacial score (nSPS) is 16.0. The Morgan fingerprint density at radius 2 is 2.00 bits per heavy atom. The zero-order chi connectivity index (χ0) is 15.8. The summed E-state index contributed by atoms with van der Waals surface area (Å²) >= 11 is 0. The summed E-state index contributed by atoms with van der Waals surface area (Å²) in [5.41, 5.74) is 1.10. The Morgan fingerprint density at radius 1 is 1.23 bits per heavy atom. The van der Waals surface area contributed by atoms with Crippen LogP contribution in [-0.4, -0.2) is 57.0 Å². The first-order valence-corrected chi connectivity index (χ1v) is 8.01. The summed E-state index contributed by atoms with van der Waals surface area (Å²) in [5.74, 6) is 2.40. The molecule has 0 spiro atoms. The lowest BCUT2D eigenvalue weighted by molar-refractivity contribution is 0.156. The van der Waals surface area contributed by atoms with Crippen molar-refractivity contribution >= 4 is 0 Å². The summed E-state index contributed by atoms with van der Waals surface area (Å²) in [6.45, 7) is 4.84. The zero-order valence-electron chi connectivity index (χ0n) is 13.7. The van der Waals surface area contributed by atoms with Gasteiger partial charge in [-0.05, 0) is 50.0 Å². The van der Waals surface area contributed by atoms with Gasteiger partial charge < -0.3 is 19.9 Å².